The first-order valence-electron chi connectivity index (χ1n) is 7.53. The zero-order chi connectivity index (χ0) is 13.7. The summed E-state index contributed by atoms with van der Waals surface area (Å²) in [5.41, 5.74) is 3.75. The van der Waals surface area contributed by atoms with Crippen molar-refractivity contribution >= 4 is 0 Å². The first-order chi connectivity index (χ1) is 9.15. The van der Waals surface area contributed by atoms with Gasteiger partial charge in [-0.1, -0.05) is 6.42 Å². The van der Waals surface area contributed by atoms with E-state index in [9.17, 15) is 0 Å². The highest BCUT2D eigenvalue weighted by molar-refractivity contribution is 5.24. The molecule has 2 heterocycles. The first-order valence-corrected chi connectivity index (χ1v) is 7.53. The Morgan fingerprint density at radius 1 is 1.26 bits per heavy atom. The summed E-state index contributed by atoms with van der Waals surface area (Å²) in [6.45, 7) is 11.1. The molecule has 1 aromatic rings. The van der Waals surface area contributed by atoms with Crippen LogP contribution in [0.2, 0.25) is 0 Å². The average Bonchev–Trinajstić information content (AvgIpc) is 2.39. The molecule has 19 heavy (non-hydrogen) atoms. The quantitative estimate of drug-likeness (QED) is 0.883. The van der Waals surface area contributed by atoms with Gasteiger partial charge in [-0.05, 0) is 63.9 Å². The molecule has 0 aromatic carbocycles. The van der Waals surface area contributed by atoms with Gasteiger partial charge < -0.3 is 10.2 Å². The van der Waals surface area contributed by atoms with Gasteiger partial charge in [-0.3, -0.25) is 4.98 Å². The lowest BCUT2D eigenvalue weighted by Crippen LogP contribution is -2.41. The Balaban J connectivity index is 1.77. The number of nitrogens with zero attached hydrogens (tertiary/aromatic N) is 2. The van der Waals surface area contributed by atoms with Crippen LogP contribution in [0.1, 0.15) is 43.0 Å². The van der Waals surface area contributed by atoms with E-state index in [1.54, 1.807) is 0 Å². The van der Waals surface area contributed by atoms with Gasteiger partial charge in [0, 0.05) is 31.0 Å². The van der Waals surface area contributed by atoms with E-state index in [1.807, 2.05) is 13.1 Å². The average molecular weight is 261 g/mol. The number of pyridine rings is 1. The molecule has 3 nitrogen and oxygen atoms in total. The van der Waals surface area contributed by atoms with Crippen molar-refractivity contribution in [3.05, 3.63) is 29.1 Å². The predicted molar refractivity (Wildman–Crippen MR) is 80.3 cm³/mol. The van der Waals surface area contributed by atoms with E-state index in [-0.39, 0.29) is 0 Å². The van der Waals surface area contributed by atoms with Crippen LogP contribution in [0.15, 0.2) is 12.3 Å². The second kappa shape index (κ2) is 7.01. The number of piperidine rings is 1. The van der Waals surface area contributed by atoms with Crippen LogP contribution in [-0.2, 0) is 6.54 Å². The highest BCUT2D eigenvalue weighted by atomic mass is 15.1. The van der Waals surface area contributed by atoms with Gasteiger partial charge in [0.2, 0.25) is 0 Å². The van der Waals surface area contributed by atoms with E-state index < -0.39 is 0 Å². The predicted octanol–water partition coefficient (Wildman–Crippen LogP) is 2.66. The van der Waals surface area contributed by atoms with Crippen molar-refractivity contribution in [2.24, 2.45) is 0 Å². The first kappa shape index (κ1) is 14.5. The number of aromatic nitrogens is 1. The Labute approximate surface area is 117 Å². The lowest BCUT2D eigenvalue weighted by molar-refractivity contribution is 0.209. The smallest absolute Gasteiger partial charge is 0.0375 e. The number of aryl methyl sites for hydroxylation is 2. The van der Waals surface area contributed by atoms with Crippen molar-refractivity contribution < 1.29 is 0 Å². The van der Waals surface area contributed by atoms with Crippen LogP contribution in [0.4, 0.5) is 0 Å². The third kappa shape index (κ3) is 4.59. The monoisotopic (exact) mass is 261 g/mol. The van der Waals surface area contributed by atoms with E-state index in [1.165, 1.54) is 50.0 Å². The minimum absolute atomic E-state index is 0.541. The molecule has 2 rings (SSSR count). The van der Waals surface area contributed by atoms with Crippen molar-refractivity contribution in [3.8, 4) is 0 Å². The Morgan fingerprint density at radius 2 is 2.00 bits per heavy atom. The molecule has 0 radical (unpaired) electrons. The van der Waals surface area contributed by atoms with E-state index in [0.717, 1.165) is 12.2 Å². The van der Waals surface area contributed by atoms with Gasteiger partial charge in [0.1, 0.15) is 0 Å². The van der Waals surface area contributed by atoms with E-state index in [4.69, 9.17) is 0 Å². The van der Waals surface area contributed by atoms with E-state index >= 15 is 0 Å². The van der Waals surface area contributed by atoms with Crippen molar-refractivity contribution in [2.75, 3.05) is 19.6 Å². The molecular weight excluding hydrogens is 234 g/mol. The minimum atomic E-state index is 0.541. The summed E-state index contributed by atoms with van der Waals surface area (Å²) in [7, 11) is 0. The summed E-state index contributed by atoms with van der Waals surface area (Å²) in [4.78, 5) is 6.97. The zero-order valence-corrected chi connectivity index (χ0v) is 12.6. The summed E-state index contributed by atoms with van der Waals surface area (Å²) in [6.07, 6.45) is 6.15. The van der Waals surface area contributed by atoms with Gasteiger partial charge >= 0.3 is 0 Å². The maximum absolute atomic E-state index is 4.38. The van der Waals surface area contributed by atoms with Crippen LogP contribution in [-0.4, -0.2) is 35.6 Å². The fraction of sp³-hybridized carbons (Fsp3) is 0.688. The van der Waals surface area contributed by atoms with Crippen molar-refractivity contribution in [3.63, 3.8) is 0 Å². The molecule has 0 spiro atoms. The molecular formula is C16H27N3. The van der Waals surface area contributed by atoms with Crippen LogP contribution >= 0.6 is 0 Å². The van der Waals surface area contributed by atoms with Gasteiger partial charge in [-0.25, -0.2) is 0 Å². The molecule has 1 saturated heterocycles. The number of hydrogen-bond acceptors (Lipinski definition) is 3. The molecule has 0 aliphatic carbocycles. The fourth-order valence-corrected chi connectivity index (χ4v) is 2.79. The molecule has 1 aliphatic heterocycles. The Morgan fingerprint density at radius 3 is 2.68 bits per heavy atom. The summed E-state index contributed by atoms with van der Waals surface area (Å²) < 4.78 is 0. The largest absolute Gasteiger partial charge is 0.309 e. The Bertz CT molecular complexity index is 397. The van der Waals surface area contributed by atoms with Crippen LogP contribution in [0.25, 0.3) is 0 Å². The van der Waals surface area contributed by atoms with Crippen LogP contribution in [0.3, 0.4) is 0 Å². The Hall–Kier alpha value is -0.930. The summed E-state index contributed by atoms with van der Waals surface area (Å²) in [6, 6.07) is 2.70. The van der Waals surface area contributed by atoms with E-state index in [2.05, 4.69) is 35.1 Å². The number of rotatable bonds is 5. The van der Waals surface area contributed by atoms with Gasteiger partial charge in [-0.2, -0.15) is 0 Å². The molecule has 0 bridgehead atoms. The third-order valence-electron chi connectivity index (χ3n) is 3.98. The van der Waals surface area contributed by atoms with Gasteiger partial charge in [0.15, 0.2) is 0 Å². The molecule has 0 saturated carbocycles. The lowest BCUT2D eigenvalue weighted by Gasteiger charge is -2.29. The van der Waals surface area contributed by atoms with Gasteiger partial charge in [0.25, 0.3) is 0 Å². The fourth-order valence-electron chi connectivity index (χ4n) is 2.79. The molecule has 1 aromatic heterocycles. The van der Waals surface area contributed by atoms with E-state index in [0.29, 0.717) is 6.04 Å². The normalized spacial score (nSPS) is 18.5. The molecule has 1 fully saturated rings. The highest BCUT2D eigenvalue weighted by Gasteiger charge is 2.13. The number of nitrogens with one attached hydrogen (secondary N) is 1. The zero-order valence-electron chi connectivity index (χ0n) is 12.6. The summed E-state index contributed by atoms with van der Waals surface area (Å²) >= 11 is 0. The van der Waals surface area contributed by atoms with Crippen molar-refractivity contribution in [1.82, 2.24) is 15.2 Å². The Kier molecular flexibility index (Phi) is 5.34. The minimum Gasteiger partial charge on any atom is -0.309 e. The molecule has 1 N–H and O–H groups in total. The maximum atomic E-state index is 4.38. The second-order valence-electron chi connectivity index (χ2n) is 5.90. The molecule has 106 valence electrons. The van der Waals surface area contributed by atoms with Gasteiger partial charge in [-0.15, -0.1) is 0 Å². The van der Waals surface area contributed by atoms with Gasteiger partial charge in [0.05, 0.1) is 0 Å². The second-order valence-corrected chi connectivity index (χ2v) is 5.90. The van der Waals surface area contributed by atoms with Crippen LogP contribution in [0.5, 0.6) is 0 Å². The van der Waals surface area contributed by atoms with Crippen LogP contribution < -0.4 is 5.32 Å². The molecule has 3 heteroatoms. The molecule has 1 atom stereocenters. The number of likely N-dealkylation sites (tertiary alicyclic amines) is 1. The van der Waals surface area contributed by atoms with Crippen LogP contribution in [0, 0.1) is 13.8 Å². The van der Waals surface area contributed by atoms with Crippen molar-refractivity contribution in [1.29, 1.82) is 0 Å². The SMILES string of the molecule is Cc1cc(C)c(CN[C@H](C)CN2CCCCC2)cn1. The van der Waals surface area contributed by atoms with Crippen molar-refractivity contribution in [2.45, 2.75) is 52.6 Å². The summed E-state index contributed by atoms with van der Waals surface area (Å²) in [5, 5.41) is 3.62. The molecule has 0 amide bonds. The number of hydrogen-bond donors (Lipinski definition) is 1. The highest BCUT2D eigenvalue weighted by Crippen LogP contribution is 2.10. The third-order valence-corrected chi connectivity index (χ3v) is 3.98. The topological polar surface area (TPSA) is 28.2 Å². The standard InChI is InChI=1S/C16H27N3/c1-13-9-14(2)17-10-16(13)11-18-15(3)12-19-7-5-4-6-8-19/h9-10,15,18H,4-8,11-12H2,1-3H3/t15-/m1/s1. The summed E-state index contributed by atoms with van der Waals surface area (Å²) in [5.74, 6) is 0. The molecule has 1 aliphatic rings. The molecule has 0 unspecified atom stereocenters. The lowest BCUT2D eigenvalue weighted by atomic mass is 10.1. The maximum Gasteiger partial charge on any atom is 0.0375 e.